The molecule has 1 aromatic carbocycles. The third kappa shape index (κ3) is 3.55. The van der Waals surface area contributed by atoms with Crippen molar-refractivity contribution in [1.82, 2.24) is 20.6 Å². The molecule has 1 unspecified atom stereocenters. The van der Waals surface area contributed by atoms with Crippen molar-refractivity contribution in [1.29, 1.82) is 0 Å². The maximum absolute atomic E-state index is 12.2. The van der Waals surface area contributed by atoms with E-state index < -0.39 is 0 Å². The van der Waals surface area contributed by atoms with E-state index in [1.54, 1.807) is 36.7 Å². The monoisotopic (exact) mass is 284 g/mol. The lowest BCUT2D eigenvalue weighted by Gasteiger charge is -2.12. The van der Waals surface area contributed by atoms with Crippen molar-refractivity contribution >= 4 is 5.91 Å². The minimum absolute atomic E-state index is 0.0895. The van der Waals surface area contributed by atoms with Crippen molar-refractivity contribution in [3.05, 3.63) is 48.4 Å². The molecule has 1 atom stereocenters. The van der Waals surface area contributed by atoms with E-state index in [1.807, 2.05) is 0 Å². The predicted octanol–water partition coefficient (Wildman–Crippen LogP) is 1.36. The molecule has 2 N–H and O–H groups in total. The van der Waals surface area contributed by atoms with Gasteiger partial charge in [-0.2, -0.15) is 0 Å². The summed E-state index contributed by atoms with van der Waals surface area (Å²) in [5.41, 5.74) is 0.572. The molecule has 0 aliphatic carbocycles. The summed E-state index contributed by atoms with van der Waals surface area (Å²) in [4.78, 5) is 20.2. The molecular weight excluding hydrogens is 268 g/mol. The zero-order valence-corrected chi connectivity index (χ0v) is 11.5. The Balaban J connectivity index is 1.69. The molecule has 108 valence electrons. The van der Waals surface area contributed by atoms with E-state index in [0.29, 0.717) is 17.2 Å². The number of carbonyl (C=O) groups excluding carboxylic acids is 1. The number of carbonyl (C=O) groups is 1. The molecule has 6 nitrogen and oxygen atoms in total. The number of rotatable bonds is 4. The van der Waals surface area contributed by atoms with Gasteiger partial charge in [-0.25, -0.2) is 4.98 Å². The van der Waals surface area contributed by atoms with Gasteiger partial charge in [-0.3, -0.25) is 9.78 Å². The summed E-state index contributed by atoms with van der Waals surface area (Å²) >= 11 is 0. The summed E-state index contributed by atoms with van der Waals surface area (Å²) in [5, 5.41) is 6.22. The van der Waals surface area contributed by atoms with E-state index in [0.717, 1.165) is 19.5 Å². The topological polar surface area (TPSA) is 76.1 Å². The van der Waals surface area contributed by atoms with Crippen LogP contribution in [0.25, 0.3) is 0 Å². The summed E-state index contributed by atoms with van der Waals surface area (Å²) in [7, 11) is 0. The van der Waals surface area contributed by atoms with Crippen LogP contribution < -0.4 is 15.4 Å². The maximum Gasteiger partial charge on any atom is 0.251 e. The number of nitrogens with one attached hydrogen (secondary N) is 2. The van der Waals surface area contributed by atoms with Gasteiger partial charge < -0.3 is 15.4 Å². The van der Waals surface area contributed by atoms with E-state index in [2.05, 4.69) is 20.6 Å². The number of amides is 1. The number of ether oxygens (including phenoxy) is 1. The zero-order valence-electron chi connectivity index (χ0n) is 11.5. The van der Waals surface area contributed by atoms with Crippen LogP contribution in [0, 0.1) is 0 Å². The molecule has 21 heavy (non-hydrogen) atoms. The zero-order chi connectivity index (χ0) is 14.5. The number of aromatic nitrogens is 2. The van der Waals surface area contributed by atoms with E-state index in [4.69, 9.17) is 4.74 Å². The Bertz CT molecular complexity index is 612. The number of nitrogens with zero attached hydrogens (tertiary/aromatic N) is 2. The highest BCUT2D eigenvalue weighted by Crippen LogP contribution is 2.19. The van der Waals surface area contributed by atoms with Crippen molar-refractivity contribution < 1.29 is 9.53 Å². The van der Waals surface area contributed by atoms with Crippen molar-refractivity contribution in [2.45, 2.75) is 12.5 Å². The average molecular weight is 284 g/mol. The minimum atomic E-state index is -0.0895. The molecular formula is C15H16N4O2. The van der Waals surface area contributed by atoms with E-state index in [1.165, 1.54) is 6.20 Å². The molecule has 0 spiro atoms. The number of benzene rings is 1. The second-order valence-electron chi connectivity index (χ2n) is 4.84. The lowest BCUT2D eigenvalue weighted by molar-refractivity contribution is 0.0939. The Labute approximate surface area is 122 Å². The largest absolute Gasteiger partial charge is 0.437 e. The molecule has 2 heterocycles. The van der Waals surface area contributed by atoms with E-state index in [9.17, 15) is 4.79 Å². The molecule has 6 heteroatoms. The Morgan fingerprint density at radius 1 is 1.38 bits per heavy atom. The lowest BCUT2D eigenvalue weighted by atomic mass is 10.1. The van der Waals surface area contributed by atoms with Crippen LogP contribution in [0.1, 0.15) is 16.8 Å². The van der Waals surface area contributed by atoms with Crippen molar-refractivity contribution in [2.24, 2.45) is 0 Å². The third-order valence-corrected chi connectivity index (χ3v) is 3.25. The third-order valence-electron chi connectivity index (χ3n) is 3.25. The normalized spacial score (nSPS) is 17.4. The Kier molecular flexibility index (Phi) is 4.07. The van der Waals surface area contributed by atoms with Gasteiger partial charge in [0.2, 0.25) is 5.88 Å². The molecule has 3 rings (SSSR count). The maximum atomic E-state index is 12.2. The highest BCUT2D eigenvalue weighted by Gasteiger charge is 2.17. The highest BCUT2D eigenvalue weighted by molar-refractivity contribution is 5.94. The van der Waals surface area contributed by atoms with Gasteiger partial charge in [0, 0.05) is 30.5 Å². The SMILES string of the molecule is O=C(NC1CCNC1)c1cccc(Oc2cnccn2)c1. The molecule has 1 amide bonds. The van der Waals surface area contributed by atoms with Crippen LogP contribution in [0.3, 0.4) is 0 Å². The first kappa shape index (κ1) is 13.5. The van der Waals surface area contributed by atoms with E-state index in [-0.39, 0.29) is 11.9 Å². The van der Waals surface area contributed by atoms with Crippen LogP contribution in [0.4, 0.5) is 0 Å². The average Bonchev–Trinajstić information content (AvgIpc) is 3.01. The molecule has 0 saturated carbocycles. The van der Waals surface area contributed by atoms with E-state index >= 15 is 0 Å². The predicted molar refractivity (Wildman–Crippen MR) is 77.3 cm³/mol. The molecule has 0 bridgehead atoms. The summed E-state index contributed by atoms with van der Waals surface area (Å²) in [5.74, 6) is 0.871. The highest BCUT2D eigenvalue weighted by atomic mass is 16.5. The van der Waals surface area contributed by atoms with Gasteiger partial charge in [0.05, 0.1) is 6.20 Å². The second-order valence-corrected chi connectivity index (χ2v) is 4.84. The number of hydrogen-bond donors (Lipinski definition) is 2. The summed E-state index contributed by atoms with van der Waals surface area (Å²) in [6.45, 7) is 1.77. The van der Waals surface area contributed by atoms with Crippen LogP contribution >= 0.6 is 0 Å². The van der Waals surface area contributed by atoms with Crippen molar-refractivity contribution in [3.8, 4) is 11.6 Å². The molecule has 1 aliphatic heterocycles. The minimum Gasteiger partial charge on any atom is -0.437 e. The van der Waals surface area contributed by atoms with Gasteiger partial charge in [0.1, 0.15) is 5.75 Å². The molecule has 1 aliphatic rings. The first-order valence-corrected chi connectivity index (χ1v) is 6.87. The van der Waals surface area contributed by atoms with Gasteiger partial charge in [0.15, 0.2) is 0 Å². The van der Waals surface area contributed by atoms with Crippen LogP contribution in [-0.2, 0) is 0 Å². The smallest absolute Gasteiger partial charge is 0.251 e. The first-order valence-electron chi connectivity index (χ1n) is 6.87. The summed E-state index contributed by atoms with van der Waals surface area (Å²) in [6.07, 6.45) is 5.61. The summed E-state index contributed by atoms with van der Waals surface area (Å²) in [6, 6.07) is 7.23. The molecule has 1 fully saturated rings. The fourth-order valence-corrected chi connectivity index (χ4v) is 2.21. The molecule has 0 radical (unpaired) electrons. The lowest BCUT2D eigenvalue weighted by Crippen LogP contribution is -2.36. The standard InChI is InChI=1S/C15H16N4O2/c20-15(19-12-4-5-16-9-12)11-2-1-3-13(8-11)21-14-10-17-6-7-18-14/h1-3,6-8,10,12,16H,4-5,9H2,(H,19,20). The van der Waals surface area contributed by atoms with Crippen LogP contribution in [-0.4, -0.2) is 35.0 Å². The first-order chi connectivity index (χ1) is 10.3. The second kappa shape index (κ2) is 6.32. The Morgan fingerprint density at radius 3 is 3.10 bits per heavy atom. The molecule has 1 saturated heterocycles. The number of hydrogen-bond acceptors (Lipinski definition) is 5. The van der Waals surface area contributed by atoms with Crippen LogP contribution in [0.5, 0.6) is 11.6 Å². The van der Waals surface area contributed by atoms with Gasteiger partial charge in [-0.15, -0.1) is 0 Å². The molecule has 2 aromatic rings. The van der Waals surface area contributed by atoms with Crippen LogP contribution in [0.15, 0.2) is 42.9 Å². The quantitative estimate of drug-likeness (QED) is 0.886. The Morgan fingerprint density at radius 2 is 2.33 bits per heavy atom. The van der Waals surface area contributed by atoms with Gasteiger partial charge in [-0.1, -0.05) is 6.07 Å². The van der Waals surface area contributed by atoms with Crippen LogP contribution in [0.2, 0.25) is 0 Å². The van der Waals surface area contributed by atoms with Crippen molar-refractivity contribution in [3.63, 3.8) is 0 Å². The van der Waals surface area contributed by atoms with Gasteiger partial charge >= 0.3 is 0 Å². The Hall–Kier alpha value is -2.47. The van der Waals surface area contributed by atoms with Gasteiger partial charge in [0.25, 0.3) is 5.91 Å². The molecule has 1 aromatic heterocycles. The fourth-order valence-electron chi connectivity index (χ4n) is 2.21. The fraction of sp³-hybridized carbons (Fsp3) is 0.267. The summed E-state index contributed by atoms with van der Waals surface area (Å²) < 4.78 is 5.57. The van der Waals surface area contributed by atoms with Gasteiger partial charge in [-0.05, 0) is 31.2 Å². The van der Waals surface area contributed by atoms with Crippen molar-refractivity contribution in [2.75, 3.05) is 13.1 Å².